The largest absolute Gasteiger partial charge is 0.497 e. The van der Waals surface area contributed by atoms with Crippen LogP contribution in [0.5, 0.6) is 5.75 Å². The van der Waals surface area contributed by atoms with Crippen molar-refractivity contribution in [3.05, 3.63) is 76.5 Å². The molecule has 0 atom stereocenters. The number of nitrogens with one attached hydrogen (secondary N) is 1. The van der Waals surface area contributed by atoms with Crippen molar-refractivity contribution in [3.8, 4) is 28.3 Å². The highest BCUT2D eigenvalue weighted by Gasteiger charge is 2.19. The predicted octanol–water partition coefficient (Wildman–Crippen LogP) is 6.24. The summed E-state index contributed by atoms with van der Waals surface area (Å²) in [6.07, 6.45) is 0. The number of nitrogens with two attached hydrogens (primary N) is 1. The van der Waals surface area contributed by atoms with Crippen LogP contribution >= 0.6 is 22.7 Å². The van der Waals surface area contributed by atoms with Gasteiger partial charge in [-0.2, -0.15) is 0 Å². The second-order valence-electron chi connectivity index (χ2n) is 7.48. The van der Waals surface area contributed by atoms with Crippen molar-refractivity contribution in [1.29, 1.82) is 0 Å². The number of aromatic nitrogens is 2. The van der Waals surface area contributed by atoms with Crippen LogP contribution in [0.4, 0.5) is 10.8 Å². The zero-order valence-corrected chi connectivity index (χ0v) is 19.6. The minimum atomic E-state index is -0.286. The zero-order chi connectivity index (χ0) is 22.9. The topological polar surface area (TPSA) is 90.1 Å². The van der Waals surface area contributed by atoms with Gasteiger partial charge in [0.05, 0.1) is 24.2 Å². The van der Waals surface area contributed by atoms with Gasteiger partial charge in [0.15, 0.2) is 5.13 Å². The molecule has 0 fully saturated rings. The normalized spacial score (nSPS) is 11.0. The van der Waals surface area contributed by atoms with E-state index < -0.39 is 0 Å². The van der Waals surface area contributed by atoms with Crippen molar-refractivity contribution in [1.82, 2.24) is 9.97 Å². The van der Waals surface area contributed by atoms with Crippen LogP contribution < -0.4 is 15.8 Å². The standard InChI is InChI=1S/C25H20N4O2S2/c1-14-3-5-16(6-4-14)20-13-32-25(28-20)29-23(30)22-21(26)18-11-12-19(27-24(18)33-22)15-7-9-17(31-2)10-8-15/h3-13H,26H2,1-2H3,(H,28,29,30). The minimum Gasteiger partial charge on any atom is -0.497 e. The molecular weight excluding hydrogens is 452 g/mol. The molecular formula is C25H20N4O2S2. The fourth-order valence-corrected chi connectivity index (χ4v) is 5.13. The maximum Gasteiger partial charge on any atom is 0.269 e. The first-order valence-electron chi connectivity index (χ1n) is 10.2. The number of pyridine rings is 1. The Labute approximate surface area is 198 Å². The summed E-state index contributed by atoms with van der Waals surface area (Å²) in [4.78, 5) is 23.4. The summed E-state index contributed by atoms with van der Waals surface area (Å²) >= 11 is 2.66. The lowest BCUT2D eigenvalue weighted by Crippen LogP contribution is -2.11. The molecule has 0 unspecified atom stereocenters. The van der Waals surface area contributed by atoms with Crippen LogP contribution in [0.25, 0.3) is 32.7 Å². The van der Waals surface area contributed by atoms with Gasteiger partial charge in [-0.1, -0.05) is 29.8 Å². The van der Waals surface area contributed by atoms with Gasteiger partial charge in [-0.05, 0) is 43.3 Å². The summed E-state index contributed by atoms with van der Waals surface area (Å²) in [6, 6.07) is 19.6. The number of rotatable bonds is 5. The number of carbonyl (C=O) groups excluding carboxylic acids is 1. The van der Waals surface area contributed by atoms with E-state index in [2.05, 4.69) is 10.3 Å². The molecule has 0 saturated heterocycles. The molecule has 0 saturated carbocycles. The van der Waals surface area contributed by atoms with Crippen molar-refractivity contribution in [3.63, 3.8) is 0 Å². The molecule has 33 heavy (non-hydrogen) atoms. The van der Waals surface area contributed by atoms with Crippen molar-refractivity contribution in [2.45, 2.75) is 6.92 Å². The number of benzene rings is 2. The molecule has 0 aliphatic heterocycles. The molecule has 3 heterocycles. The number of thiazole rings is 1. The molecule has 0 bridgehead atoms. The summed E-state index contributed by atoms with van der Waals surface area (Å²) in [5.74, 6) is 0.498. The average Bonchev–Trinajstić information content (AvgIpc) is 3.44. The third-order valence-corrected chi connectivity index (χ3v) is 7.13. The van der Waals surface area contributed by atoms with E-state index >= 15 is 0 Å². The summed E-state index contributed by atoms with van der Waals surface area (Å²) < 4.78 is 5.22. The highest BCUT2D eigenvalue weighted by Crippen LogP contribution is 2.35. The van der Waals surface area contributed by atoms with Crippen molar-refractivity contribution >= 4 is 49.6 Å². The number of fused-ring (bicyclic) bond motifs is 1. The Bertz CT molecular complexity index is 1450. The zero-order valence-electron chi connectivity index (χ0n) is 18.0. The van der Waals surface area contributed by atoms with Crippen LogP contribution in [0.3, 0.4) is 0 Å². The minimum absolute atomic E-state index is 0.286. The van der Waals surface area contributed by atoms with Gasteiger partial charge in [-0.3, -0.25) is 10.1 Å². The molecule has 3 N–H and O–H groups in total. The lowest BCUT2D eigenvalue weighted by molar-refractivity contribution is 0.103. The number of hydrogen-bond acceptors (Lipinski definition) is 7. The molecule has 0 radical (unpaired) electrons. The number of aryl methyl sites for hydroxylation is 1. The predicted molar refractivity (Wildman–Crippen MR) is 136 cm³/mol. The fourth-order valence-electron chi connectivity index (χ4n) is 3.43. The number of amides is 1. The van der Waals surface area contributed by atoms with E-state index in [1.165, 1.54) is 28.2 Å². The molecule has 1 amide bonds. The number of nitrogens with zero attached hydrogens (tertiary/aromatic N) is 2. The van der Waals surface area contributed by atoms with E-state index in [1.807, 2.05) is 73.0 Å². The van der Waals surface area contributed by atoms with Crippen molar-refractivity contribution in [2.75, 3.05) is 18.2 Å². The summed E-state index contributed by atoms with van der Waals surface area (Å²) in [5.41, 5.74) is 11.5. The maximum atomic E-state index is 13.0. The van der Waals surface area contributed by atoms with Crippen LogP contribution in [-0.2, 0) is 0 Å². The molecule has 164 valence electrons. The van der Waals surface area contributed by atoms with Gasteiger partial charge in [0.25, 0.3) is 5.91 Å². The Kier molecular flexibility index (Phi) is 5.53. The van der Waals surface area contributed by atoms with Gasteiger partial charge in [0.2, 0.25) is 0 Å². The highest BCUT2D eigenvalue weighted by molar-refractivity contribution is 7.21. The van der Waals surface area contributed by atoms with Crippen LogP contribution in [-0.4, -0.2) is 23.0 Å². The van der Waals surface area contributed by atoms with Crippen molar-refractivity contribution in [2.24, 2.45) is 0 Å². The molecule has 8 heteroatoms. The second kappa shape index (κ2) is 8.65. The summed E-state index contributed by atoms with van der Waals surface area (Å²) in [7, 11) is 1.63. The van der Waals surface area contributed by atoms with Gasteiger partial charge < -0.3 is 10.5 Å². The average molecular weight is 473 g/mol. The maximum absolute atomic E-state index is 13.0. The van der Waals surface area contributed by atoms with E-state index in [-0.39, 0.29) is 5.91 Å². The first-order chi connectivity index (χ1) is 16.0. The number of nitrogen functional groups attached to an aromatic ring is 1. The van der Waals surface area contributed by atoms with Gasteiger partial charge >= 0.3 is 0 Å². The summed E-state index contributed by atoms with van der Waals surface area (Å²) in [5, 5.41) is 6.10. The molecule has 3 aromatic heterocycles. The first-order valence-corrected chi connectivity index (χ1v) is 11.9. The van der Waals surface area contributed by atoms with Crippen LogP contribution in [0.15, 0.2) is 66.0 Å². The van der Waals surface area contributed by atoms with E-state index in [0.717, 1.165) is 33.7 Å². The second-order valence-corrected chi connectivity index (χ2v) is 9.34. The number of methoxy groups -OCH3 is 1. The molecule has 5 rings (SSSR count). The van der Waals surface area contributed by atoms with E-state index in [0.29, 0.717) is 20.5 Å². The Morgan fingerprint density at radius 2 is 1.64 bits per heavy atom. The monoisotopic (exact) mass is 472 g/mol. The van der Waals surface area contributed by atoms with Crippen LogP contribution in [0, 0.1) is 6.92 Å². The lowest BCUT2D eigenvalue weighted by atomic mass is 10.1. The van der Waals surface area contributed by atoms with Gasteiger partial charge in [0.1, 0.15) is 15.5 Å². The lowest BCUT2D eigenvalue weighted by Gasteiger charge is -2.03. The molecule has 2 aromatic carbocycles. The Balaban J connectivity index is 1.39. The molecule has 6 nitrogen and oxygen atoms in total. The Morgan fingerprint density at radius 3 is 2.36 bits per heavy atom. The Hall–Kier alpha value is -3.75. The number of carbonyl (C=O) groups is 1. The molecule has 0 aliphatic carbocycles. The molecule has 0 spiro atoms. The third kappa shape index (κ3) is 4.18. The first kappa shape index (κ1) is 21.1. The molecule has 5 aromatic rings. The van der Waals surface area contributed by atoms with E-state index in [9.17, 15) is 4.79 Å². The number of ether oxygens (including phenoxy) is 1. The summed E-state index contributed by atoms with van der Waals surface area (Å²) in [6.45, 7) is 2.04. The Morgan fingerprint density at radius 1 is 0.939 bits per heavy atom. The van der Waals surface area contributed by atoms with Crippen LogP contribution in [0.2, 0.25) is 0 Å². The smallest absolute Gasteiger partial charge is 0.269 e. The number of hydrogen-bond donors (Lipinski definition) is 2. The van der Waals surface area contributed by atoms with Crippen LogP contribution in [0.1, 0.15) is 15.2 Å². The van der Waals surface area contributed by atoms with Gasteiger partial charge in [-0.15, -0.1) is 22.7 Å². The third-order valence-electron chi connectivity index (χ3n) is 5.26. The van der Waals surface area contributed by atoms with E-state index in [4.69, 9.17) is 15.5 Å². The fraction of sp³-hybridized carbons (Fsp3) is 0.0800. The van der Waals surface area contributed by atoms with Crippen molar-refractivity contribution < 1.29 is 9.53 Å². The molecule has 0 aliphatic rings. The highest BCUT2D eigenvalue weighted by atomic mass is 32.1. The number of thiophene rings is 1. The SMILES string of the molecule is COc1ccc(-c2ccc3c(N)c(C(=O)Nc4nc(-c5ccc(C)cc5)cs4)sc3n2)cc1. The van der Waals surface area contributed by atoms with E-state index in [1.54, 1.807) is 7.11 Å². The van der Waals surface area contributed by atoms with Gasteiger partial charge in [-0.25, -0.2) is 9.97 Å². The van der Waals surface area contributed by atoms with Gasteiger partial charge in [0, 0.05) is 21.9 Å². The number of anilines is 2. The quantitative estimate of drug-likeness (QED) is 0.316.